The number of ether oxygens (including phenoxy) is 1. The van der Waals surface area contributed by atoms with Gasteiger partial charge in [-0.3, -0.25) is 19.2 Å². The second kappa shape index (κ2) is 21.3. The molecular weight excluding hydrogens is 801 g/mol. The summed E-state index contributed by atoms with van der Waals surface area (Å²) in [7, 11) is 0. The molecule has 6 rings (SSSR count). The maximum absolute atomic E-state index is 14.2. The first kappa shape index (κ1) is 44.2. The van der Waals surface area contributed by atoms with Gasteiger partial charge in [0, 0.05) is 59.3 Å². The predicted octanol–water partition coefficient (Wildman–Crippen LogP) is 3.32. The lowest BCUT2D eigenvalue weighted by Crippen LogP contribution is -2.59. The van der Waals surface area contributed by atoms with E-state index in [4.69, 9.17) is 10.5 Å². The van der Waals surface area contributed by atoms with Crippen LogP contribution in [0.15, 0.2) is 91.3 Å². The number of carboxylic acids is 1. The zero-order valence-electron chi connectivity index (χ0n) is 33.6. The molecule has 5 aromatic rings. The number of aliphatic carboxylic acids is 1. The molecule has 16 nitrogen and oxygen atoms in total. The number of alkyl carbamates (subject to hydrolysis) is 1. The molecular formula is C44H52N8O8S. The van der Waals surface area contributed by atoms with Gasteiger partial charge in [-0.05, 0) is 67.5 Å². The third-order valence-corrected chi connectivity index (χ3v) is 11.2. The minimum atomic E-state index is -1.32. The van der Waals surface area contributed by atoms with E-state index in [1.165, 1.54) is 4.90 Å². The number of likely N-dealkylation sites (tertiary alicyclic amines) is 1. The summed E-state index contributed by atoms with van der Waals surface area (Å²) in [4.78, 5) is 89.0. The van der Waals surface area contributed by atoms with Crippen molar-refractivity contribution in [2.24, 2.45) is 5.73 Å². The third kappa shape index (κ3) is 11.5. The fourth-order valence-corrected chi connectivity index (χ4v) is 7.87. The lowest BCUT2D eigenvalue weighted by molar-refractivity contribution is -0.143. The topological polar surface area (TPSA) is 241 Å². The van der Waals surface area contributed by atoms with Gasteiger partial charge in [0.05, 0.1) is 0 Å². The molecule has 1 aliphatic heterocycles. The molecule has 1 saturated heterocycles. The number of H-pyrrole nitrogens is 2. The van der Waals surface area contributed by atoms with Crippen LogP contribution in [-0.4, -0.2) is 105 Å². The van der Waals surface area contributed by atoms with Crippen molar-refractivity contribution in [2.75, 3.05) is 18.8 Å². The van der Waals surface area contributed by atoms with Crippen LogP contribution in [0, 0.1) is 0 Å². The molecule has 0 radical (unpaired) electrons. The number of carbonyl (C=O) groups excluding carboxylic acids is 5. The summed E-state index contributed by atoms with van der Waals surface area (Å²) in [5, 5.41) is 22.7. The van der Waals surface area contributed by atoms with Crippen LogP contribution >= 0.6 is 12.6 Å². The highest BCUT2D eigenvalue weighted by Gasteiger charge is 2.40. The van der Waals surface area contributed by atoms with Gasteiger partial charge < -0.3 is 51.7 Å². The van der Waals surface area contributed by atoms with E-state index >= 15 is 0 Å². The van der Waals surface area contributed by atoms with Gasteiger partial charge in [0.25, 0.3) is 0 Å². The van der Waals surface area contributed by atoms with Crippen LogP contribution in [0.25, 0.3) is 21.8 Å². The molecule has 3 heterocycles. The number of carbonyl (C=O) groups is 6. The molecule has 322 valence electrons. The van der Waals surface area contributed by atoms with Gasteiger partial charge >= 0.3 is 12.1 Å². The molecule has 17 heteroatoms. The van der Waals surface area contributed by atoms with E-state index in [2.05, 4.69) is 43.9 Å². The van der Waals surface area contributed by atoms with Gasteiger partial charge in [-0.15, -0.1) is 0 Å². The number of benzene rings is 3. The summed E-state index contributed by atoms with van der Waals surface area (Å²) in [5.74, 6) is -3.86. The summed E-state index contributed by atoms with van der Waals surface area (Å²) in [5.41, 5.74) is 9.50. The molecule has 3 aromatic carbocycles. The number of nitrogens with one attached hydrogen (secondary N) is 6. The lowest BCUT2D eigenvalue weighted by Gasteiger charge is -2.30. The average Bonchev–Trinajstić information content (AvgIpc) is 4.03. The van der Waals surface area contributed by atoms with Gasteiger partial charge in [-0.2, -0.15) is 12.6 Å². The zero-order chi connectivity index (χ0) is 43.3. The highest BCUT2D eigenvalue weighted by Crippen LogP contribution is 2.23. The molecule has 9 N–H and O–H groups in total. The van der Waals surface area contributed by atoms with E-state index in [0.717, 1.165) is 32.9 Å². The molecule has 1 aliphatic rings. The van der Waals surface area contributed by atoms with E-state index < -0.39 is 65.9 Å². The van der Waals surface area contributed by atoms with Crippen LogP contribution in [0.4, 0.5) is 4.79 Å². The summed E-state index contributed by atoms with van der Waals surface area (Å²) >= 11 is 4.36. The molecule has 0 aliphatic carbocycles. The van der Waals surface area contributed by atoms with Crippen molar-refractivity contribution < 1.29 is 38.6 Å². The Morgan fingerprint density at radius 2 is 1.34 bits per heavy atom. The van der Waals surface area contributed by atoms with Gasteiger partial charge in [-0.25, -0.2) is 9.59 Å². The van der Waals surface area contributed by atoms with Crippen molar-refractivity contribution in [2.45, 2.75) is 81.8 Å². The number of hydrogen-bond donors (Lipinski definition) is 9. The van der Waals surface area contributed by atoms with Crippen LogP contribution < -0.4 is 27.0 Å². The Morgan fingerprint density at radius 3 is 1.97 bits per heavy atom. The minimum Gasteiger partial charge on any atom is -0.480 e. The number of fused-ring (bicyclic) bond motifs is 2. The number of aromatic nitrogens is 2. The van der Waals surface area contributed by atoms with Gasteiger partial charge in [0.1, 0.15) is 36.8 Å². The van der Waals surface area contributed by atoms with Crippen molar-refractivity contribution in [1.82, 2.24) is 36.1 Å². The minimum absolute atomic E-state index is 0.00454. The summed E-state index contributed by atoms with van der Waals surface area (Å²) in [6.07, 6.45) is 4.75. The molecule has 0 spiro atoms. The third-order valence-electron chi connectivity index (χ3n) is 10.8. The number of unbranched alkanes of at least 4 members (excludes halogenated alkanes) is 1. The Hall–Kier alpha value is -6.33. The number of hydrogen-bond acceptors (Lipinski definition) is 9. The van der Waals surface area contributed by atoms with Crippen molar-refractivity contribution >= 4 is 70.1 Å². The Morgan fingerprint density at radius 1 is 0.754 bits per heavy atom. The first-order valence-corrected chi connectivity index (χ1v) is 21.0. The molecule has 0 saturated carbocycles. The van der Waals surface area contributed by atoms with E-state index in [0.29, 0.717) is 31.4 Å². The molecule has 61 heavy (non-hydrogen) atoms. The highest BCUT2D eigenvalue weighted by atomic mass is 32.1. The Balaban J connectivity index is 1.15. The smallest absolute Gasteiger partial charge is 0.408 e. The lowest BCUT2D eigenvalue weighted by atomic mass is 10.0. The molecule has 0 unspecified atom stereocenters. The first-order chi connectivity index (χ1) is 29.6. The van der Waals surface area contributed by atoms with Crippen molar-refractivity contribution in [3.8, 4) is 0 Å². The Labute approximate surface area is 358 Å². The van der Waals surface area contributed by atoms with E-state index in [-0.39, 0.29) is 44.6 Å². The van der Waals surface area contributed by atoms with E-state index in [1.54, 1.807) is 24.5 Å². The highest BCUT2D eigenvalue weighted by molar-refractivity contribution is 7.80. The van der Waals surface area contributed by atoms with Gasteiger partial charge in [-0.1, -0.05) is 66.7 Å². The molecule has 5 atom stereocenters. The Bertz CT molecular complexity index is 2320. The number of thiol groups is 1. The molecule has 5 amide bonds. The molecule has 0 bridgehead atoms. The fourth-order valence-electron chi connectivity index (χ4n) is 7.62. The number of carboxylic acid groups (broad SMARTS) is 1. The normalized spacial score (nSPS) is 15.7. The van der Waals surface area contributed by atoms with Crippen LogP contribution in [-0.2, 0) is 48.2 Å². The number of para-hydroxylation sites is 2. The maximum Gasteiger partial charge on any atom is 0.408 e. The van der Waals surface area contributed by atoms with Crippen LogP contribution in [0.1, 0.15) is 48.8 Å². The summed E-state index contributed by atoms with van der Waals surface area (Å²) in [6.45, 7) is 0.583. The summed E-state index contributed by atoms with van der Waals surface area (Å²) < 4.78 is 5.34. The Kier molecular flexibility index (Phi) is 15.4. The van der Waals surface area contributed by atoms with Crippen molar-refractivity contribution in [1.29, 1.82) is 0 Å². The largest absolute Gasteiger partial charge is 0.480 e. The fraction of sp³-hybridized carbons (Fsp3) is 0.364. The number of aromatic amines is 2. The zero-order valence-corrected chi connectivity index (χ0v) is 34.5. The number of amides is 5. The summed E-state index contributed by atoms with van der Waals surface area (Å²) in [6, 6.07) is 18.2. The average molecular weight is 853 g/mol. The second-order valence-electron chi connectivity index (χ2n) is 15.1. The molecule has 2 aromatic heterocycles. The van der Waals surface area contributed by atoms with Gasteiger partial charge in [0.15, 0.2) is 0 Å². The van der Waals surface area contributed by atoms with Crippen LogP contribution in [0.3, 0.4) is 0 Å². The SMILES string of the molecule is NCCCC[C@H](NC(=O)OCc1ccccc1)C(=O)N[C@@H](CS)C(=O)N1CCC[C@H]1C(=O)N[C@@H](Cc1c[nH]c2ccccc12)C(=O)N[C@@H](Cc1c[nH]c2ccccc12)C(=O)O. The van der Waals surface area contributed by atoms with E-state index in [1.807, 2.05) is 66.7 Å². The van der Waals surface area contributed by atoms with Crippen LogP contribution in [0.5, 0.6) is 0 Å². The second-order valence-corrected chi connectivity index (χ2v) is 15.4. The molecule has 1 fully saturated rings. The van der Waals surface area contributed by atoms with E-state index in [9.17, 15) is 33.9 Å². The predicted molar refractivity (Wildman–Crippen MR) is 232 cm³/mol. The number of nitrogens with two attached hydrogens (primary N) is 1. The van der Waals surface area contributed by atoms with Crippen molar-refractivity contribution in [3.63, 3.8) is 0 Å². The van der Waals surface area contributed by atoms with Gasteiger partial charge in [0.2, 0.25) is 23.6 Å². The first-order valence-electron chi connectivity index (χ1n) is 20.4. The van der Waals surface area contributed by atoms with Crippen molar-refractivity contribution in [3.05, 3.63) is 108 Å². The van der Waals surface area contributed by atoms with Crippen LogP contribution in [0.2, 0.25) is 0 Å². The quantitative estimate of drug-likeness (QED) is 0.0412. The number of rotatable bonds is 20. The number of nitrogens with zero attached hydrogens (tertiary/aromatic N) is 1. The maximum atomic E-state index is 14.2. The monoisotopic (exact) mass is 852 g/mol. The standard InChI is InChI=1S/C44H52N8O8S/c45-19-9-8-17-34(51-44(59)60-25-27-11-2-1-3-12-27)39(53)50-37(26-61)42(56)52-20-10-18-38(52)41(55)48-35(21-28-23-46-32-15-6-4-13-30(28)32)40(54)49-36(43(57)58)22-29-24-47-33-16-7-5-14-31(29)33/h1-7,11-16,23-24,34-38,46-47,61H,8-10,17-22,25-26,45H2,(H,48,55)(H,49,54)(H,50,53)(H,51,59)(H,57,58)/t34-,35-,36-,37-,38-/m0/s1.